The highest BCUT2D eigenvalue weighted by Crippen LogP contribution is 2.23. The Morgan fingerprint density at radius 1 is 1.47 bits per heavy atom. The van der Waals surface area contributed by atoms with E-state index in [1.165, 1.54) is 20.1 Å². The van der Waals surface area contributed by atoms with Crippen molar-refractivity contribution in [2.24, 2.45) is 0 Å². The molecule has 0 radical (unpaired) electrons. The van der Waals surface area contributed by atoms with Gasteiger partial charge in [0.1, 0.15) is 11.8 Å². The lowest BCUT2D eigenvalue weighted by Gasteiger charge is -2.07. The first-order valence-corrected chi connectivity index (χ1v) is 6.28. The number of carbonyl (C=O) groups excluding carboxylic acids is 1. The molecule has 0 fully saturated rings. The smallest absolute Gasteiger partial charge is 0.325 e. The number of methoxy groups -OCH3 is 1. The van der Waals surface area contributed by atoms with E-state index >= 15 is 0 Å². The Bertz CT molecular complexity index is 513. The topological polar surface area (TPSA) is 75.6 Å². The molecule has 0 heterocycles. The lowest BCUT2D eigenvalue weighted by Crippen LogP contribution is -2.37. The van der Waals surface area contributed by atoms with Crippen LogP contribution in [0.5, 0.6) is 5.75 Å². The summed E-state index contributed by atoms with van der Waals surface area (Å²) >= 11 is 3.32. The van der Waals surface area contributed by atoms with Gasteiger partial charge in [0.2, 0.25) is 5.91 Å². The van der Waals surface area contributed by atoms with E-state index in [-0.39, 0.29) is 0 Å². The lowest BCUT2D eigenvalue weighted by molar-refractivity contribution is -0.140. The van der Waals surface area contributed by atoms with Crippen LogP contribution in [0.25, 0.3) is 6.08 Å². The van der Waals surface area contributed by atoms with E-state index in [4.69, 9.17) is 9.84 Å². The van der Waals surface area contributed by atoms with Gasteiger partial charge < -0.3 is 15.2 Å². The third kappa shape index (κ3) is 4.75. The molecule has 1 aromatic carbocycles. The Balaban J connectivity index is 2.78. The number of hydrogen-bond acceptors (Lipinski definition) is 3. The molecule has 1 amide bonds. The molecule has 1 rings (SSSR count). The Morgan fingerprint density at radius 2 is 2.16 bits per heavy atom. The van der Waals surface area contributed by atoms with Crippen molar-refractivity contribution in [3.63, 3.8) is 0 Å². The number of benzene rings is 1. The number of nitrogens with one attached hydrogen (secondary N) is 1. The molecule has 1 aromatic rings. The highest BCUT2D eigenvalue weighted by atomic mass is 79.9. The van der Waals surface area contributed by atoms with Crippen LogP contribution in [0.1, 0.15) is 12.5 Å². The average Bonchev–Trinajstić information content (AvgIpc) is 2.36. The molecule has 5 nitrogen and oxygen atoms in total. The predicted molar refractivity (Wildman–Crippen MR) is 75.0 cm³/mol. The van der Waals surface area contributed by atoms with Crippen LogP contribution in [0, 0.1) is 0 Å². The van der Waals surface area contributed by atoms with Gasteiger partial charge in [-0.05, 0) is 31.2 Å². The average molecular weight is 328 g/mol. The second-order valence-corrected chi connectivity index (χ2v) is 4.70. The molecular weight excluding hydrogens is 314 g/mol. The van der Waals surface area contributed by atoms with E-state index in [1.807, 2.05) is 6.07 Å². The fourth-order valence-corrected chi connectivity index (χ4v) is 1.70. The van der Waals surface area contributed by atoms with Crippen LogP contribution in [0.4, 0.5) is 0 Å². The third-order valence-electron chi connectivity index (χ3n) is 2.34. The molecule has 0 aliphatic heterocycles. The molecule has 0 saturated heterocycles. The largest absolute Gasteiger partial charge is 0.496 e. The molecule has 0 aliphatic carbocycles. The number of rotatable bonds is 5. The summed E-state index contributed by atoms with van der Waals surface area (Å²) in [6, 6.07) is 4.45. The summed E-state index contributed by atoms with van der Waals surface area (Å²) in [5, 5.41) is 11.0. The first kappa shape index (κ1) is 15.2. The van der Waals surface area contributed by atoms with Crippen molar-refractivity contribution < 1.29 is 19.4 Å². The lowest BCUT2D eigenvalue weighted by atomic mass is 10.2. The quantitative estimate of drug-likeness (QED) is 0.812. The van der Waals surface area contributed by atoms with E-state index < -0.39 is 17.9 Å². The zero-order valence-corrected chi connectivity index (χ0v) is 12.1. The van der Waals surface area contributed by atoms with Gasteiger partial charge in [0.05, 0.1) is 7.11 Å². The standard InChI is InChI=1S/C13H14BrNO4/c1-8(13(17)18)15-12(16)6-3-9-7-10(14)4-5-11(9)19-2/h3-8H,1-2H3,(H,15,16)(H,17,18)/b6-3+. The summed E-state index contributed by atoms with van der Waals surface area (Å²) < 4.78 is 6.01. The van der Waals surface area contributed by atoms with E-state index in [2.05, 4.69) is 21.2 Å². The third-order valence-corrected chi connectivity index (χ3v) is 2.83. The number of carboxylic acid groups (broad SMARTS) is 1. The first-order valence-electron chi connectivity index (χ1n) is 5.49. The van der Waals surface area contributed by atoms with Crippen LogP contribution in [0.2, 0.25) is 0 Å². The van der Waals surface area contributed by atoms with Crippen LogP contribution >= 0.6 is 15.9 Å². The van der Waals surface area contributed by atoms with Gasteiger partial charge in [0.25, 0.3) is 0 Å². The number of carboxylic acids is 1. The van der Waals surface area contributed by atoms with Gasteiger partial charge in [-0.25, -0.2) is 0 Å². The van der Waals surface area contributed by atoms with Crippen molar-refractivity contribution >= 4 is 33.9 Å². The second kappa shape index (κ2) is 6.94. The second-order valence-electron chi connectivity index (χ2n) is 3.79. The van der Waals surface area contributed by atoms with Crippen LogP contribution in [0.3, 0.4) is 0 Å². The predicted octanol–water partition coefficient (Wildman–Crippen LogP) is 2.06. The van der Waals surface area contributed by atoms with Gasteiger partial charge in [0, 0.05) is 16.1 Å². The Morgan fingerprint density at radius 3 is 2.74 bits per heavy atom. The fraction of sp³-hybridized carbons (Fsp3) is 0.231. The number of halogens is 1. The molecule has 1 unspecified atom stereocenters. The summed E-state index contributed by atoms with van der Waals surface area (Å²) in [5.41, 5.74) is 0.718. The zero-order chi connectivity index (χ0) is 14.4. The maximum absolute atomic E-state index is 11.5. The highest BCUT2D eigenvalue weighted by molar-refractivity contribution is 9.10. The number of ether oxygens (including phenoxy) is 1. The Labute approximate surface area is 119 Å². The van der Waals surface area contributed by atoms with Crippen molar-refractivity contribution in [1.29, 1.82) is 0 Å². The molecule has 2 N–H and O–H groups in total. The maximum atomic E-state index is 11.5. The Hall–Kier alpha value is -1.82. The van der Waals surface area contributed by atoms with E-state index in [1.54, 1.807) is 18.2 Å². The van der Waals surface area contributed by atoms with E-state index in [9.17, 15) is 9.59 Å². The van der Waals surface area contributed by atoms with Crippen molar-refractivity contribution in [2.45, 2.75) is 13.0 Å². The summed E-state index contributed by atoms with van der Waals surface area (Å²) in [7, 11) is 1.53. The van der Waals surface area contributed by atoms with Crippen molar-refractivity contribution in [3.8, 4) is 5.75 Å². The minimum Gasteiger partial charge on any atom is -0.496 e. The van der Waals surface area contributed by atoms with Crippen molar-refractivity contribution in [3.05, 3.63) is 34.3 Å². The molecule has 0 spiro atoms. The van der Waals surface area contributed by atoms with E-state index in [0.29, 0.717) is 5.75 Å². The monoisotopic (exact) mass is 327 g/mol. The number of hydrogen-bond donors (Lipinski definition) is 2. The summed E-state index contributed by atoms with van der Waals surface area (Å²) in [6.07, 6.45) is 2.83. The van der Waals surface area contributed by atoms with Crippen LogP contribution < -0.4 is 10.1 Å². The minimum atomic E-state index is -1.08. The minimum absolute atomic E-state index is 0.475. The highest BCUT2D eigenvalue weighted by Gasteiger charge is 2.11. The summed E-state index contributed by atoms with van der Waals surface area (Å²) in [6.45, 7) is 1.40. The van der Waals surface area contributed by atoms with Crippen LogP contribution in [0.15, 0.2) is 28.7 Å². The van der Waals surface area contributed by atoms with Gasteiger partial charge in [-0.1, -0.05) is 15.9 Å². The normalized spacial score (nSPS) is 12.2. The molecule has 0 bridgehead atoms. The van der Waals surface area contributed by atoms with Gasteiger partial charge >= 0.3 is 5.97 Å². The number of aliphatic carboxylic acids is 1. The van der Waals surface area contributed by atoms with Crippen molar-refractivity contribution in [2.75, 3.05) is 7.11 Å². The van der Waals surface area contributed by atoms with Gasteiger partial charge in [-0.15, -0.1) is 0 Å². The molecule has 0 aromatic heterocycles. The van der Waals surface area contributed by atoms with E-state index in [0.717, 1.165) is 10.0 Å². The number of amides is 1. The van der Waals surface area contributed by atoms with Gasteiger partial charge in [-0.2, -0.15) is 0 Å². The summed E-state index contributed by atoms with van der Waals surface area (Å²) in [4.78, 5) is 22.1. The first-order chi connectivity index (χ1) is 8.93. The number of carbonyl (C=O) groups is 2. The molecule has 0 aliphatic rings. The molecule has 1 atom stereocenters. The molecule has 0 saturated carbocycles. The van der Waals surface area contributed by atoms with Gasteiger partial charge in [0.15, 0.2) is 0 Å². The molecular formula is C13H14BrNO4. The SMILES string of the molecule is COc1ccc(Br)cc1/C=C/C(=O)NC(C)C(=O)O. The molecule has 102 valence electrons. The maximum Gasteiger partial charge on any atom is 0.325 e. The fourth-order valence-electron chi connectivity index (χ4n) is 1.32. The molecule has 19 heavy (non-hydrogen) atoms. The van der Waals surface area contributed by atoms with Crippen LogP contribution in [-0.2, 0) is 9.59 Å². The zero-order valence-electron chi connectivity index (χ0n) is 10.5. The van der Waals surface area contributed by atoms with Crippen molar-refractivity contribution in [1.82, 2.24) is 5.32 Å². The van der Waals surface area contributed by atoms with Crippen LogP contribution in [-0.4, -0.2) is 30.1 Å². The van der Waals surface area contributed by atoms with Gasteiger partial charge in [-0.3, -0.25) is 9.59 Å². The summed E-state index contributed by atoms with van der Waals surface area (Å²) in [5.74, 6) is -0.933. The molecule has 6 heteroatoms. The Kier molecular flexibility index (Phi) is 5.57.